The molecular weight excluding hydrogens is 468 g/mol. The fraction of sp³-hybridized carbons (Fsp3) is 0.115. The zero-order chi connectivity index (χ0) is 22.7. The summed E-state index contributed by atoms with van der Waals surface area (Å²) in [7, 11) is 0. The minimum absolute atomic E-state index is 0.123. The molecule has 0 aromatic heterocycles. The summed E-state index contributed by atoms with van der Waals surface area (Å²) in [5, 5.41) is 5.99. The van der Waals surface area contributed by atoms with Crippen molar-refractivity contribution >= 4 is 39.1 Å². The maximum absolute atomic E-state index is 13.3. The molecule has 6 heteroatoms. The SMILES string of the molecule is Cc1cc(Br)ccc1NC(=O)C(Cc1ccccc1)NC1=CC(=O)c2ccccc2C1=O. The molecule has 0 aliphatic heterocycles. The first-order valence-corrected chi connectivity index (χ1v) is 11.0. The van der Waals surface area contributed by atoms with Crippen LogP contribution in [-0.4, -0.2) is 23.5 Å². The Morgan fingerprint density at radius 2 is 1.62 bits per heavy atom. The molecule has 0 fully saturated rings. The van der Waals surface area contributed by atoms with Crippen molar-refractivity contribution in [1.29, 1.82) is 0 Å². The molecule has 3 aromatic carbocycles. The second-order valence-corrected chi connectivity index (χ2v) is 8.55. The third-order valence-corrected chi connectivity index (χ3v) is 5.83. The summed E-state index contributed by atoms with van der Waals surface area (Å²) in [6.07, 6.45) is 1.63. The molecule has 3 aromatic rings. The van der Waals surface area contributed by atoms with Gasteiger partial charge in [0, 0.05) is 33.8 Å². The summed E-state index contributed by atoms with van der Waals surface area (Å²) in [6.45, 7) is 1.91. The quantitative estimate of drug-likeness (QED) is 0.519. The second kappa shape index (κ2) is 9.32. The van der Waals surface area contributed by atoms with Gasteiger partial charge in [-0.3, -0.25) is 14.4 Å². The van der Waals surface area contributed by atoms with E-state index < -0.39 is 6.04 Å². The first-order chi connectivity index (χ1) is 15.4. The fourth-order valence-corrected chi connectivity index (χ4v) is 4.13. The van der Waals surface area contributed by atoms with Crippen LogP contribution in [0.2, 0.25) is 0 Å². The maximum Gasteiger partial charge on any atom is 0.247 e. The summed E-state index contributed by atoms with van der Waals surface area (Å²) in [5.41, 5.74) is 3.36. The van der Waals surface area contributed by atoms with E-state index in [0.29, 0.717) is 23.2 Å². The van der Waals surface area contributed by atoms with E-state index in [-0.39, 0.29) is 23.2 Å². The van der Waals surface area contributed by atoms with Gasteiger partial charge in [-0.05, 0) is 36.2 Å². The number of amides is 1. The number of allylic oxidation sites excluding steroid dienone is 2. The largest absolute Gasteiger partial charge is 0.370 e. The highest BCUT2D eigenvalue weighted by molar-refractivity contribution is 9.10. The van der Waals surface area contributed by atoms with Gasteiger partial charge in [-0.15, -0.1) is 0 Å². The van der Waals surface area contributed by atoms with Gasteiger partial charge in [0.15, 0.2) is 5.78 Å². The first-order valence-electron chi connectivity index (χ1n) is 10.2. The Kier molecular flexibility index (Phi) is 6.32. The predicted octanol–water partition coefficient (Wildman–Crippen LogP) is 4.86. The van der Waals surface area contributed by atoms with Crippen molar-refractivity contribution < 1.29 is 14.4 Å². The number of rotatable bonds is 6. The van der Waals surface area contributed by atoms with Crippen molar-refractivity contribution in [2.75, 3.05) is 5.32 Å². The average molecular weight is 489 g/mol. The van der Waals surface area contributed by atoms with Crippen molar-refractivity contribution in [3.05, 3.63) is 111 Å². The number of carbonyl (C=O) groups is 3. The molecule has 0 heterocycles. The van der Waals surface area contributed by atoms with E-state index in [1.807, 2.05) is 55.5 Å². The lowest BCUT2D eigenvalue weighted by atomic mass is 9.92. The molecule has 4 rings (SSSR count). The Hall–Kier alpha value is -3.51. The minimum Gasteiger partial charge on any atom is -0.370 e. The molecule has 0 saturated carbocycles. The minimum atomic E-state index is -0.756. The number of Topliss-reactive ketones (excluding diaryl/α,β-unsaturated/α-hetero) is 1. The molecule has 0 radical (unpaired) electrons. The van der Waals surface area contributed by atoms with E-state index in [0.717, 1.165) is 15.6 Å². The van der Waals surface area contributed by atoms with Crippen LogP contribution >= 0.6 is 15.9 Å². The lowest BCUT2D eigenvalue weighted by Gasteiger charge is -2.23. The molecule has 0 spiro atoms. The number of anilines is 1. The van der Waals surface area contributed by atoms with E-state index in [1.165, 1.54) is 6.08 Å². The monoisotopic (exact) mass is 488 g/mol. The van der Waals surface area contributed by atoms with Gasteiger partial charge in [-0.1, -0.05) is 70.5 Å². The molecule has 1 unspecified atom stereocenters. The van der Waals surface area contributed by atoms with E-state index >= 15 is 0 Å². The lowest BCUT2D eigenvalue weighted by Crippen LogP contribution is -2.44. The predicted molar refractivity (Wildman–Crippen MR) is 128 cm³/mol. The van der Waals surface area contributed by atoms with Crippen LogP contribution in [0.3, 0.4) is 0 Å². The van der Waals surface area contributed by atoms with Crippen LogP contribution < -0.4 is 10.6 Å². The van der Waals surface area contributed by atoms with Gasteiger partial charge in [0.05, 0.1) is 5.70 Å². The summed E-state index contributed by atoms with van der Waals surface area (Å²) < 4.78 is 0.919. The van der Waals surface area contributed by atoms with Crippen molar-refractivity contribution in [2.45, 2.75) is 19.4 Å². The van der Waals surface area contributed by atoms with Crippen molar-refractivity contribution in [3.63, 3.8) is 0 Å². The van der Waals surface area contributed by atoms with Gasteiger partial charge in [0.2, 0.25) is 11.7 Å². The molecule has 160 valence electrons. The third-order valence-electron chi connectivity index (χ3n) is 5.33. The molecule has 0 saturated heterocycles. The Balaban J connectivity index is 1.62. The van der Waals surface area contributed by atoms with Crippen molar-refractivity contribution in [1.82, 2.24) is 5.32 Å². The zero-order valence-corrected chi connectivity index (χ0v) is 19.0. The van der Waals surface area contributed by atoms with Gasteiger partial charge in [-0.25, -0.2) is 0 Å². The standard InChI is InChI=1S/C26H21BrN2O3/c1-16-13-18(27)11-12-21(16)29-26(32)23(14-17-7-3-2-4-8-17)28-22-15-24(30)19-9-5-6-10-20(19)25(22)31/h2-13,15,23,28H,14H2,1H3,(H,29,32). The van der Waals surface area contributed by atoms with Crippen LogP contribution in [-0.2, 0) is 11.2 Å². The molecular formula is C26H21BrN2O3. The van der Waals surface area contributed by atoms with E-state index in [9.17, 15) is 14.4 Å². The molecule has 5 nitrogen and oxygen atoms in total. The highest BCUT2D eigenvalue weighted by atomic mass is 79.9. The summed E-state index contributed by atoms with van der Waals surface area (Å²) in [5.74, 6) is -0.851. The normalized spacial score (nSPS) is 13.8. The van der Waals surface area contributed by atoms with Gasteiger partial charge in [-0.2, -0.15) is 0 Å². The van der Waals surface area contributed by atoms with E-state index in [4.69, 9.17) is 0 Å². The maximum atomic E-state index is 13.3. The number of halogens is 1. The molecule has 0 bridgehead atoms. The molecule has 2 N–H and O–H groups in total. The van der Waals surface area contributed by atoms with Crippen LogP contribution in [0, 0.1) is 6.92 Å². The van der Waals surface area contributed by atoms with E-state index in [2.05, 4.69) is 26.6 Å². The third kappa shape index (κ3) is 4.70. The second-order valence-electron chi connectivity index (χ2n) is 7.63. The van der Waals surface area contributed by atoms with Crippen LogP contribution in [0.5, 0.6) is 0 Å². The average Bonchev–Trinajstić information content (AvgIpc) is 2.79. The number of carbonyl (C=O) groups excluding carboxylic acids is 3. The number of ketones is 2. The van der Waals surface area contributed by atoms with Gasteiger partial charge in [0.1, 0.15) is 6.04 Å². The Morgan fingerprint density at radius 3 is 2.34 bits per heavy atom. The number of nitrogens with one attached hydrogen (secondary N) is 2. The number of hydrogen-bond donors (Lipinski definition) is 2. The number of aryl methyl sites for hydroxylation is 1. The zero-order valence-electron chi connectivity index (χ0n) is 17.4. The number of hydrogen-bond acceptors (Lipinski definition) is 4. The number of benzene rings is 3. The lowest BCUT2D eigenvalue weighted by molar-refractivity contribution is -0.117. The Bertz CT molecular complexity index is 1230. The Morgan fingerprint density at radius 1 is 0.938 bits per heavy atom. The topological polar surface area (TPSA) is 75.3 Å². The van der Waals surface area contributed by atoms with Gasteiger partial charge < -0.3 is 10.6 Å². The molecule has 1 atom stereocenters. The van der Waals surface area contributed by atoms with Crippen LogP contribution in [0.15, 0.2) is 89.0 Å². The van der Waals surface area contributed by atoms with Gasteiger partial charge in [0.25, 0.3) is 0 Å². The summed E-state index contributed by atoms with van der Waals surface area (Å²) in [6, 6.07) is 21.1. The highest BCUT2D eigenvalue weighted by Crippen LogP contribution is 2.22. The highest BCUT2D eigenvalue weighted by Gasteiger charge is 2.29. The van der Waals surface area contributed by atoms with Gasteiger partial charge >= 0.3 is 0 Å². The first kappa shape index (κ1) is 21.7. The molecule has 32 heavy (non-hydrogen) atoms. The smallest absolute Gasteiger partial charge is 0.247 e. The molecule has 1 aliphatic carbocycles. The van der Waals surface area contributed by atoms with Crippen molar-refractivity contribution in [2.24, 2.45) is 0 Å². The summed E-state index contributed by atoms with van der Waals surface area (Å²) in [4.78, 5) is 38.8. The molecule has 1 amide bonds. The Labute approximate surface area is 194 Å². The van der Waals surface area contributed by atoms with Crippen LogP contribution in [0.25, 0.3) is 0 Å². The van der Waals surface area contributed by atoms with Crippen LogP contribution in [0.4, 0.5) is 5.69 Å². The number of fused-ring (bicyclic) bond motifs is 1. The van der Waals surface area contributed by atoms with Crippen LogP contribution in [0.1, 0.15) is 31.8 Å². The summed E-state index contributed by atoms with van der Waals surface area (Å²) >= 11 is 3.43. The molecule has 1 aliphatic rings. The van der Waals surface area contributed by atoms with Crippen molar-refractivity contribution in [3.8, 4) is 0 Å². The fourth-order valence-electron chi connectivity index (χ4n) is 3.66. The van der Waals surface area contributed by atoms with E-state index in [1.54, 1.807) is 24.3 Å².